The number of hydrogen-bond donors (Lipinski definition) is 2. The van der Waals surface area contributed by atoms with Crippen molar-refractivity contribution in [2.45, 2.75) is 58.5 Å². The van der Waals surface area contributed by atoms with Crippen LogP contribution in [0.5, 0.6) is 0 Å². The minimum Gasteiger partial charge on any atom is -0.481 e. The van der Waals surface area contributed by atoms with Crippen LogP contribution in [-0.4, -0.2) is 46.4 Å². The van der Waals surface area contributed by atoms with E-state index < -0.39 is 12.0 Å². The fraction of sp³-hybridized carbons (Fsp3) is 0.786. The molecule has 2 N–H and O–H groups in total. The first-order valence-corrected chi connectivity index (χ1v) is 7.12. The summed E-state index contributed by atoms with van der Waals surface area (Å²) in [6.07, 6.45) is 2.50. The van der Waals surface area contributed by atoms with Gasteiger partial charge in [0, 0.05) is 19.5 Å². The number of aliphatic carboxylic acids is 1. The van der Waals surface area contributed by atoms with Gasteiger partial charge < -0.3 is 15.3 Å². The van der Waals surface area contributed by atoms with Gasteiger partial charge in [0.25, 0.3) is 0 Å². The number of amides is 2. The van der Waals surface area contributed by atoms with Crippen molar-refractivity contribution in [2.75, 3.05) is 6.54 Å². The van der Waals surface area contributed by atoms with Crippen LogP contribution in [0.3, 0.4) is 0 Å². The molecule has 0 aromatic carbocycles. The van der Waals surface area contributed by atoms with Gasteiger partial charge in [-0.1, -0.05) is 13.8 Å². The molecule has 0 bridgehead atoms. The van der Waals surface area contributed by atoms with Gasteiger partial charge in [0.2, 0.25) is 11.8 Å². The van der Waals surface area contributed by atoms with E-state index in [1.165, 1.54) is 6.92 Å². The monoisotopic (exact) mass is 284 g/mol. The summed E-state index contributed by atoms with van der Waals surface area (Å²) in [5, 5.41) is 11.6. The van der Waals surface area contributed by atoms with E-state index in [0.29, 0.717) is 13.0 Å². The molecule has 2 amide bonds. The minimum absolute atomic E-state index is 0.0289. The first kappa shape index (κ1) is 16.5. The third kappa shape index (κ3) is 4.51. The molecule has 0 aliphatic carbocycles. The Bertz CT molecular complexity index is 381. The number of nitrogens with one attached hydrogen (secondary N) is 1. The second kappa shape index (κ2) is 7.26. The van der Waals surface area contributed by atoms with Crippen LogP contribution in [-0.2, 0) is 14.4 Å². The maximum Gasteiger partial charge on any atom is 0.305 e. The van der Waals surface area contributed by atoms with Crippen LogP contribution in [0.1, 0.15) is 46.5 Å². The lowest BCUT2D eigenvalue weighted by atomic mass is 9.95. The van der Waals surface area contributed by atoms with E-state index in [4.69, 9.17) is 5.11 Å². The van der Waals surface area contributed by atoms with E-state index in [9.17, 15) is 14.4 Å². The summed E-state index contributed by atoms with van der Waals surface area (Å²) >= 11 is 0. The molecular formula is C14H24N2O4. The van der Waals surface area contributed by atoms with Gasteiger partial charge in [-0.2, -0.15) is 0 Å². The highest BCUT2D eigenvalue weighted by atomic mass is 16.4. The van der Waals surface area contributed by atoms with E-state index >= 15 is 0 Å². The van der Waals surface area contributed by atoms with Crippen LogP contribution >= 0.6 is 0 Å². The van der Waals surface area contributed by atoms with Crippen molar-refractivity contribution in [1.29, 1.82) is 0 Å². The number of nitrogens with zero attached hydrogens (tertiary/aromatic N) is 1. The number of hydrogen-bond acceptors (Lipinski definition) is 3. The lowest BCUT2D eigenvalue weighted by molar-refractivity contribution is -0.144. The zero-order valence-electron chi connectivity index (χ0n) is 12.4. The molecule has 1 heterocycles. The molecular weight excluding hydrogens is 260 g/mol. The second-order valence-corrected chi connectivity index (χ2v) is 5.70. The van der Waals surface area contributed by atoms with E-state index in [2.05, 4.69) is 5.32 Å². The molecule has 1 aliphatic rings. The first-order valence-electron chi connectivity index (χ1n) is 7.12. The Hall–Kier alpha value is -1.59. The molecule has 1 fully saturated rings. The fourth-order valence-electron chi connectivity index (χ4n) is 2.62. The molecule has 2 atom stereocenters. The molecule has 20 heavy (non-hydrogen) atoms. The quantitative estimate of drug-likeness (QED) is 0.788. The van der Waals surface area contributed by atoms with Crippen molar-refractivity contribution in [1.82, 2.24) is 10.2 Å². The van der Waals surface area contributed by atoms with Gasteiger partial charge in [-0.3, -0.25) is 14.4 Å². The normalized spacial score (nSPS) is 20.6. The average Bonchev–Trinajstić information content (AvgIpc) is 2.34. The molecule has 2 unspecified atom stereocenters. The molecule has 0 saturated carbocycles. The summed E-state index contributed by atoms with van der Waals surface area (Å²) in [6, 6.07) is -0.842. The molecule has 0 aromatic heterocycles. The van der Waals surface area contributed by atoms with Crippen molar-refractivity contribution in [3.05, 3.63) is 0 Å². The standard InChI is InChI=1S/C14H24N2O4/c1-9(2)13(15-10(3)17)14(20)16-7-5-4-6-11(16)8-12(18)19/h9,11,13H,4-8H2,1-3H3,(H,15,17)(H,18,19). The Morgan fingerprint density at radius 3 is 2.45 bits per heavy atom. The summed E-state index contributed by atoms with van der Waals surface area (Å²) in [6.45, 7) is 5.69. The molecule has 0 radical (unpaired) electrons. The summed E-state index contributed by atoms with van der Waals surface area (Å²) in [7, 11) is 0. The highest BCUT2D eigenvalue weighted by Crippen LogP contribution is 2.22. The third-order valence-electron chi connectivity index (χ3n) is 3.61. The van der Waals surface area contributed by atoms with Gasteiger partial charge in [0.15, 0.2) is 0 Å². The highest BCUT2D eigenvalue weighted by molar-refractivity contribution is 5.87. The summed E-state index contributed by atoms with van der Waals surface area (Å²) in [4.78, 5) is 36.4. The average molecular weight is 284 g/mol. The lowest BCUT2D eigenvalue weighted by Gasteiger charge is -2.38. The van der Waals surface area contributed by atoms with Crippen LogP contribution in [0.15, 0.2) is 0 Å². The van der Waals surface area contributed by atoms with Gasteiger partial charge in [0.1, 0.15) is 6.04 Å². The van der Waals surface area contributed by atoms with Gasteiger partial charge in [-0.25, -0.2) is 0 Å². The van der Waals surface area contributed by atoms with Gasteiger partial charge in [0.05, 0.1) is 6.42 Å². The number of carboxylic acid groups (broad SMARTS) is 1. The number of likely N-dealkylation sites (tertiary alicyclic amines) is 1. The maximum absolute atomic E-state index is 12.6. The lowest BCUT2D eigenvalue weighted by Crippen LogP contribution is -2.55. The Morgan fingerprint density at radius 2 is 1.95 bits per heavy atom. The van der Waals surface area contributed by atoms with Crippen molar-refractivity contribution in [3.63, 3.8) is 0 Å². The predicted octanol–water partition coefficient (Wildman–Crippen LogP) is 1.00. The fourth-order valence-corrected chi connectivity index (χ4v) is 2.62. The number of carbonyl (C=O) groups excluding carboxylic acids is 2. The summed E-state index contributed by atoms with van der Waals surface area (Å²) < 4.78 is 0. The Kier molecular flexibility index (Phi) is 5.98. The van der Waals surface area contributed by atoms with Crippen molar-refractivity contribution >= 4 is 17.8 Å². The Labute approximate surface area is 119 Å². The van der Waals surface area contributed by atoms with E-state index in [0.717, 1.165) is 12.8 Å². The summed E-state index contributed by atoms with van der Waals surface area (Å²) in [5.74, 6) is -1.33. The molecule has 0 aromatic rings. The largest absolute Gasteiger partial charge is 0.481 e. The van der Waals surface area contributed by atoms with Crippen LogP contribution < -0.4 is 5.32 Å². The number of carboxylic acids is 1. The van der Waals surface area contributed by atoms with Crippen molar-refractivity contribution < 1.29 is 19.5 Å². The molecule has 6 heteroatoms. The third-order valence-corrected chi connectivity index (χ3v) is 3.61. The van der Waals surface area contributed by atoms with E-state index in [-0.39, 0.29) is 30.2 Å². The van der Waals surface area contributed by atoms with Crippen LogP contribution in [0.4, 0.5) is 0 Å². The van der Waals surface area contributed by atoms with Crippen molar-refractivity contribution in [3.8, 4) is 0 Å². The number of rotatable bonds is 5. The zero-order chi connectivity index (χ0) is 15.3. The molecule has 1 saturated heterocycles. The smallest absolute Gasteiger partial charge is 0.305 e. The van der Waals surface area contributed by atoms with E-state index in [1.807, 2.05) is 13.8 Å². The summed E-state index contributed by atoms with van der Waals surface area (Å²) in [5.41, 5.74) is 0. The number of carbonyl (C=O) groups is 3. The molecule has 114 valence electrons. The molecule has 6 nitrogen and oxygen atoms in total. The van der Waals surface area contributed by atoms with Gasteiger partial charge in [-0.05, 0) is 25.2 Å². The molecule has 0 spiro atoms. The first-order chi connectivity index (χ1) is 9.32. The van der Waals surface area contributed by atoms with Crippen LogP contribution in [0.2, 0.25) is 0 Å². The minimum atomic E-state index is -0.893. The number of piperidine rings is 1. The van der Waals surface area contributed by atoms with Crippen molar-refractivity contribution in [2.24, 2.45) is 5.92 Å². The maximum atomic E-state index is 12.6. The van der Waals surface area contributed by atoms with E-state index in [1.54, 1.807) is 4.90 Å². The molecule has 1 aliphatic heterocycles. The second-order valence-electron chi connectivity index (χ2n) is 5.70. The topological polar surface area (TPSA) is 86.7 Å². The Balaban J connectivity index is 2.83. The zero-order valence-corrected chi connectivity index (χ0v) is 12.4. The SMILES string of the molecule is CC(=O)NC(C(=O)N1CCCCC1CC(=O)O)C(C)C. The molecule has 1 rings (SSSR count). The van der Waals surface area contributed by atoms with Gasteiger partial charge in [-0.15, -0.1) is 0 Å². The van der Waals surface area contributed by atoms with Crippen LogP contribution in [0.25, 0.3) is 0 Å². The highest BCUT2D eigenvalue weighted by Gasteiger charge is 2.34. The predicted molar refractivity (Wildman–Crippen MR) is 74.0 cm³/mol. The van der Waals surface area contributed by atoms with Gasteiger partial charge >= 0.3 is 5.97 Å². The van der Waals surface area contributed by atoms with Crippen LogP contribution in [0, 0.1) is 5.92 Å². The Morgan fingerprint density at radius 1 is 1.30 bits per heavy atom.